The van der Waals surface area contributed by atoms with Crippen LogP contribution in [0, 0.1) is 5.92 Å². The monoisotopic (exact) mass is 360 g/mol. The van der Waals surface area contributed by atoms with Crippen LogP contribution >= 0.6 is 0 Å². The molecule has 1 aliphatic rings. The largest absolute Gasteiger partial charge is 0.519 e. The Hall–Kier alpha value is -0.473. The van der Waals surface area contributed by atoms with Crippen molar-refractivity contribution in [2.75, 3.05) is 47.0 Å². The number of hydrogen-bond acceptors (Lipinski definition) is 5. The zero-order valence-corrected chi connectivity index (χ0v) is 17.3. The van der Waals surface area contributed by atoms with Crippen LogP contribution in [0.25, 0.3) is 0 Å². The van der Waals surface area contributed by atoms with Gasteiger partial charge in [-0.15, -0.1) is 0 Å². The van der Waals surface area contributed by atoms with E-state index in [4.69, 9.17) is 13.3 Å². The van der Waals surface area contributed by atoms with Crippen LogP contribution in [0.1, 0.15) is 47.0 Å². The minimum Gasteiger partial charge on any atom is -0.373 e. The molecule has 0 aromatic heterocycles. The van der Waals surface area contributed by atoms with E-state index in [1.165, 1.54) is 0 Å². The van der Waals surface area contributed by atoms with Gasteiger partial charge in [0.25, 0.3) is 0 Å². The van der Waals surface area contributed by atoms with Crippen molar-refractivity contribution in [3.63, 3.8) is 0 Å². The summed E-state index contributed by atoms with van der Waals surface area (Å²) in [5, 5.41) is 0. The molecule has 1 atom stereocenters. The highest BCUT2D eigenvalue weighted by Crippen LogP contribution is 2.28. The molecule has 0 aromatic rings. The first-order valence-electron chi connectivity index (χ1n) is 9.32. The number of rotatable bonds is 10. The summed E-state index contributed by atoms with van der Waals surface area (Å²) in [6.45, 7) is 11.7. The van der Waals surface area contributed by atoms with E-state index in [2.05, 4.69) is 11.8 Å². The normalized spacial score (nSPS) is 18.6. The van der Waals surface area contributed by atoms with E-state index in [0.717, 1.165) is 32.4 Å². The fraction of sp³-hybridized carbons (Fsp3) is 0.941. The summed E-state index contributed by atoms with van der Waals surface area (Å²) >= 11 is 0. The summed E-state index contributed by atoms with van der Waals surface area (Å²) in [6, 6.07) is 0. The highest BCUT2D eigenvalue weighted by atomic mass is 28.4. The molecular formula is C17H36N2O4Si. The molecule has 6 nitrogen and oxygen atoms in total. The van der Waals surface area contributed by atoms with Gasteiger partial charge in [0.1, 0.15) is 0 Å². The van der Waals surface area contributed by atoms with Crippen LogP contribution < -0.4 is 0 Å². The molecule has 0 aromatic carbocycles. The molecule has 0 spiro atoms. The molecule has 0 radical (unpaired) electrons. The highest BCUT2D eigenvalue weighted by Gasteiger charge is 2.51. The van der Waals surface area contributed by atoms with Gasteiger partial charge in [-0.25, -0.2) is 0 Å². The van der Waals surface area contributed by atoms with Crippen LogP contribution in [0.3, 0.4) is 0 Å². The minimum absolute atomic E-state index is 0.135. The molecule has 24 heavy (non-hydrogen) atoms. The molecule has 0 saturated carbocycles. The van der Waals surface area contributed by atoms with Gasteiger partial charge in [-0.2, -0.15) is 0 Å². The molecule has 1 rings (SSSR count). The molecule has 1 aliphatic heterocycles. The third-order valence-corrected chi connectivity index (χ3v) is 8.25. The van der Waals surface area contributed by atoms with Crippen LogP contribution in [-0.4, -0.2) is 77.2 Å². The van der Waals surface area contributed by atoms with Crippen molar-refractivity contribution in [2.45, 2.75) is 52.6 Å². The van der Waals surface area contributed by atoms with Gasteiger partial charge in [-0.05, 0) is 53.1 Å². The van der Waals surface area contributed by atoms with Crippen LogP contribution in [0.5, 0.6) is 0 Å². The Bertz CT molecular complexity index is 357. The standard InChI is InChI=1S/C17H36N2O4Si/c1-7-16(24(21-8-2,22-9-3)23-10-4)19-13-11-15(12-14-19)17(20)18(5)6/h15-16H,7-14H2,1-6H3. The Kier molecular flexibility index (Phi) is 9.44. The molecule has 7 heteroatoms. The van der Waals surface area contributed by atoms with Gasteiger partial charge in [0.2, 0.25) is 5.91 Å². The van der Waals surface area contributed by atoms with Crippen molar-refractivity contribution in [1.29, 1.82) is 0 Å². The first kappa shape index (κ1) is 21.6. The number of carbonyl (C=O) groups excluding carboxylic acids is 1. The van der Waals surface area contributed by atoms with Gasteiger partial charge < -0.3 is 18.2 Å². The first-order chi connectivity index (χ1) is 11.5. The third kappa shape index (κ3) is 5.26. The molecule has 1 unspecified atom stereocenters. The molecule has 1 amide bonds. The number of likely N-dealkylation sites (tertiary alicyclic amines) is 1. The topological polar surface area (TPSA) is 51.2 Å². The van der Waals surface area contributed by atoms with Crippen LogP contribution in [0.15, 0.2) is 0 Å². The van der Waals surface area contributed by atoms with E-state index in [1.54, 1.807) is 4.90 Å². The van der Waals surface area contributed by atoms with E-state index in [9.17, 15) is 4.79 Å². The number of piperidine rings is 1. The predicted octanol–water partition coefficient (Wildman–Crippen LogP) is 2.15. The fourth-order valence-corrected chi connectivity index (χ4v) is 6.81. The lowest BCUT2D eigenvalue weighted by molar-refractivity contribution is -0.134. The highest BCUT2D eigenvalue weighted by molar-refractivity contribution is 6.62. The minimum atomic E-state index is -2.75. The van der Waals surface area contributed by atoms with Gasteiger partial charge in [0.05, 0.1) is 5.67 Å². The molecule has 1 saturated heterocycles. The summed E-state index contributed by atoms with van der Waals surface area (Å²) < 4.78 is 18.3. The number of nitrogens with zero attached hydrogens (tertiary/aromatic N) is 2. The second-order valence-corrected chi connectivity index (χ2v) is 9.11. The maximum Gasteiger partial charge on any atom is 0.519 e. The number of hydrogen-bond donors (Lipinski definition) is 0. The summed E-state index contributed by atoms with van der Waals surface area (Å²) in [5.74, 6) is 0.377. The van der Waals surface area contributed by atoms with Crippen molar-refractivity contribution in [3.8, 4) is 0 Å². The van der Waals surface area contributed by atoms with E-state index >= 15 is 0 Å². The first-order valence-corrected chi connectivity index (χ1v) is 11.1. The number of carbonyl (C=O) groups is 1. The second kappa shape index (κ2) is 10.5. The van der Waals surface area contributed by atoms with Crippen LogP contribution in [-0.2, 0) is 18.1 Å². The Balaban J connectivity index is 2.85. The van der Waals surface area contributed by atoms with Gasteiger partial charge in [0.15, 0.2) is 0 Å². The summed E-state index contributed by atoms with van der Waals surface area (Å²) in [4.78, 5) is 16.3. The molecule has 0 N–H and O–H groups in total. The zero-order chi connectivity index (χ0) is 18.2. The van der Waals surface area contributed by atoms with Gasteiger partial charge >= 0.3 is 8.80 Å². The van der Waals surface area contributed by atoms with Gasteiger partial charge in [-0.1, -0.05) is 6.92 Å². The van der Waals surface area contributed by atoms with E-state index in [1.807, 2.05) is 34.9 Å². The second-order valence-electron chi connectivity index (χ2n) is 6.37. The van der Waals surface area contributed by atoms with Gasteiger partial charge in [0, 0.05) is 39.8 Å². The van der Waals surface area contributed by atoms with E-state index in [0.29, 0.717) is 19.8 Å². The summed E-state index contributed by atoms with van der Waals surface area (Å²) in [6.07, 6.45) is 2.71. The van der Waals surface area contributed by atoms with Crippen LogP contribution in [0.4, 0.5) is 0 Å². The molecule has 142 valence electrons. The third-order valence-electron chi connectivity index (χ3n) is 4.59. The smallest absolute Gasteiger partial charge is 0.373 e. The van der Waals surface area contributed by atoms with Crippen LogP contribution in [0.2, 0.25) is 0 Å². The van der Waals surface area contributed by atoms with E-state index < -0.39 is 8.80 Å². The summed E-state index contributed by atoms with van der Waals surface area (Å²) in [5.41, 5.74) is 0.160. The average Bonchev–Trinajstić information content (AvgIpc) is 2.56. The zero-order valence-electron chi connectivity index (χ0n) is 16.3. The lowest BCUT2D eigenvalue weighted by Gasteiger charge is -2.43. The molecule has 1 heterocycles. The maximum absolute atomic E-state index is 12.2. The average molecular weight is 361 g/mol. The molecule has 0 aliphatic carbocycles. The predicted molar refractivity (Wildman–Crippen MR) is 97.7 cm³/mol. The van der Waals surface area contributed by atoms with Gasteiger partial charge in [-0.3, -0.25) is 9.69 Å². The fourth-order valence-electron chi connectivity index (χ4n) is 3.57. The van der Waals surface area contributed by atoms with Crippen molar-refractivity contribution in [2.24, 2.45) is 5.92 Å². The Morgan fingerprint density at radius 2 is 1.50 bits per heavy atom. The SMILES string of the molecule is CCO[Si](OCC)(OCC)C(CC)N1CCC(C(=O)N(C)C)CC1. The summed E-state index contributed by atoms with van der Waals surface area (Å²) in [7, 11) is 0.915. The lowest BCUT2D eigenvalue weighted by Crippen LogP contribution is -2.64. The Morgan fingerprint density at radius 3 is 1.83 bits per heavy atom. The maximum atomic E-state index is 12.2. The molecule has 1 fully saturated rings. The Labute approximate surface area is 148 Å². The number of amides is 1. The molecule has 0 bridgehead atoms. The quantitative estimate of drug-likeness (QED) is 0.559. The Morgan fingerprint density at radius 1 is 1.04 bits per heavy atom. The van der Waals surface area contributed by atoms with Crippen molar-refractivity contribution in [1.82, 2.24) is 9.80 Å². The van der Waals surface area contributed by atoms with Crippen molar-refractivity contribution in [3.05, 3.63) is 0 Å². The van der Waals surface area contributed by atoms with Crippen molar-refractivity contribution < 1.29 is 18.1 Å². The van der Waals surface area contributed by atoms with E-state index in [-0.39, 0.29) is 17.5 Å². The lowest BCUT2D eigenvalue weighted by atomic mass is 9.95. The molecular weight excluding hydrogens is 324 g/mol. The van der Waals surface area contributed by atoms with Crippen molar-refractivity contribution >= 4 is 14.7 Å².